The van der Waals surface area contributed by atoms with Gasteiger partial charge in [0.2, 0.25) is 0 Å². The van der Waals surface area contributed by atoms with E-state index in [0.29, 0.717) is 22.8 Å². The van der Waals surface area contributed by atoms with Crippen LogP contribution in [0.2, 0.25) is 10.6 Å². The van der Waals surface area contributed by atoms with Gasteiger partial charge in [0, 0.05) is 6.04 Å². The Morgan fingerprint density at radius 1 is 1.50 bits per heavy atom. The van der Waals surface area contributed by atoms with Crippen molar-refractivity contribution < 1.29 is 4.74 Å². The van der Waals surface area contributed by atoms with E-state index in [4.69, 9.17) is 4.74 Å². The highest BCUT2D eigenvalue weighted by atomic mass is 32.1. The van der Waals surface area contributed by atoms with Crippen molar-refractivity contribution in [3.8, 4) is 0 Å². The largest absolute Gasteiger partial charge is 0.349 e. The number of hydrogen-bond donors (Lipinski definition) is 1. The van der Waals surface area contributed by atoms with Crippen molar-refractivity contribution in [1.29, 1.82) is 0 Å². The van der Waals surface area contributed by atoms with Crippen molar-refractivity contribution in [2.45, 2.75) is 55.0 Å². The Hall–Kier alpha value is 0.335. The first-order valence-electron chi connectivity index (χ1n) is 5.53. The molecule has 2 nitrogen and oxygen atoms in total. The van der Waals surface area contributed by atoms with Crippen LogP contribution in [0.1, 0.15) is 26.7 Å². The van der Waals surface area contributed by atoms with E-state index >= 15 is 0 Å². The summed E-state index contributed by atoms with van der Waals surface area (Å²) in [5.74, 6) is 0. The maximum absolute atomic E-state index is 5.99. The third-order valence-electron chi connectivity index (χ3n) is 5.12. The van der Waals surface area contributed by atoms with Crippen LogP contribution < -0.4 is 0 Å². The quantitative estimate of drug-likeness (QED) is 0.481. The lowest BCUT2D eigenvalue weighted by atomic mass is 9.76. The van der Waals surface area contributed by atoms with Crippen molar-refractivity contribution in [3.63, 3.8) is 0 Å². The average molecular weight is 211 g/mol. The molecule has 0 aromatic rings. The third kappa shape index (κ3) is 0.928. The van der Waals surface area contributed by atoms with Crippen molar-refractivity contribution in [3.05, 3.63) is 0 Å². The van der Waals surface area contributed by atoms with E-state index in [1.807, 2.05) is 0 Å². The Morgan fingerprint density at radius 3 is 2.93 bits per heavy atom. The molecule has 2 saturated heterocycles. The predicted octanol–water partition coefficient (Wildman–Crippen LogP) is 1.50. The van der Waals surface area contributed by atoms with Crippen LogP contribution >= 0.6 is 12.6 Å². The molecule has 1 saturated carbocycles. The van der Waals surface area contributed by atoms with E-state index < -0.39 is 0 Å². The van der Waals surface area contributed by atoms with Crippen LogP contribution in [0.5, 0.6) is 0 Å². The van der Waals surface area contributed by atoms with Crippen LogP contribution in [-0.4, -0.2) is 36.9 Å². The van der Waals surface area contributed by atoms with Gasteiger partial charge in [0.25, 0.3) is 0 Å². The molecule has 0 bridgehead atoms. The molecular formula is C10H18BNOS. The molecule has 4 heteroatoms. The summed E-state index contributed by atoms with van der Waals surface area (Å²) in [7, 11) is 3.48. The standard InChI is InChI=1S/C10H18BNOS/c1-9-5-4-6-7(10(9,2)11-9)13-8(14)12(6)3/h6-8,11,14H,4-5H2,1-3H3. The van der Waals surface area contributed by atoms with Crippen LogP contribution in [-0.2, 0) is 4.74 Å². The molecule has 0 radical (unpaired) electrons. The van der Waals surface area contributed by atoms with Crippen LogP contribution in [0.4, 0.5) is 0 Å². The molecule has 3 fully saturated rings. The highest BCUT2D eigenvalue weighted by Gasteiger charge is 2.71. The number of likely N-dealkylation sites (N-methyl/N-ethyl adjacent to an activating group) is 1. The van der Waals surface area contributed by atoms with Crippen molar-refractivity contribution in [1.82, 2.24) is 4.90 Å². The predicted molar refractivity (Wildman–Crippen MR) is 62.3 cm³/mol. The lowest BCUT2D eigenvalue weighted by Gasteiger charge is -2.37. The fourth-order valence-electron chi connectivity index (χ4n) is 3.68. The first-order chi connectivity index (χ1) is 6.48. The molecule has 0 N–H and O–H groups in total. The van der Waals surface area contributed by atoms with Gasteiger partial charge in [-0.3, -0.25) is 4.90 Å². The van der Waals surface area contributed by atoms with Crippen LogP contribution in [0.15, 0.2) is 0 Å². The van der Waals surface area contributed by atoms with E-state index in [9.17, 15) is 0 Å². The summed E-state index contributed by atoms with van der Waals surface area (Å²) in [4.78, 5) is 2.29. The topological polar surface area (TPSA) is 12.5 Å². The minimum absolute atomic E-state index is 0.0183. The number of thiol groups is 1. The van der Waals surface area contributed by atoms with Gasteiger partial charge in [-0.1, -0.05) is 25.6 Å². The molecule has 2 heterocycles. The maximum atomic E-state index is 5.99. The lowest BCUT2D eigenvalue weighted by Crippen LogP contribution is -2.39. The molecule has 0 spiro atoms. The molecule has 0 aromatic carbocycles. The molecule has 1 aliphatic carbocycles. The third-order valence-corrected chi connectivity index (χ3v) is 5.61. The van der Waals surface area contributed by atoms with Crippen LogP contribution in [0, 0.1) is 0 Å². The Morgan fingerprint density at radius 2 is 2.21 bits per heavy atom. The van der Waals surface area contributed by atoms with Crippen LogP contribution in [0.3, 0.4) is 0 Å². The van der Waals surface area contributed by atoms with E-state index in [2.05, 4.69) is 38.4 Å². The number of ether oxygens (including phenoxy) is 1. The monoisotopic (exact) mass is 211 g/mol. The Kier molecular flexibility index (Phi) is 1.72. The van der Waals surface area contributed by atoms with Crippen molar-refractivity contribution in [2.24, 2.45) is 0 Å². The van der Waals surface area contributed by atoms with Crippen molar-refractivity contribution in [2.75, 3.05) is 7.05 Å². The summed E-state index contributed by atoms with van der Waals surface area (Å²) in [5, 5.41) is 0.995. The van der Waals surface area contributed by atoms with Gasteiger partial charge < -0.3 is 4.74 Å². The van der Waals surface area contributed by atoms with Gasteiger partial charge in [0.1, 0.15) is 7.28 Å². The molecule has 5 atom stereocenters. The first kappa shape index (κ1) is 9.55. The summed E-state index contributed by atoms with van der Waals surface area (Å²) in [6.45, 7) is 4.81. The van der Waals surface area contributed by atoms with Gasteiger partial charge in [-0.15, -0.1) is 12.6 Å². The fourth-order valence-corrected chi connectivity index (χ4v) is 3.98. The second-order valence-electron chi connectivity index (χ2n) is 5.81. The normalized spacial score (nSPS) is 61.6. The fraction of sp³-hybridized carbons (Fsp3) is 1.00. The van der Waals surface area contributed by atoms with Gasteiger partial charge in [-0.05, 0) is 18.8 Å². The summed E-state index contributed by atoms with van der Waals surface area (Å²) in [6.07, 6.45) is 3.07. The molecule has 5 unspecified atom stereocenters. The average Bonchev–Trinajstić information content (AvgIpc) is 2.57. The Labute approximate surface area is 92.0 Å². The molecule has 2 aliphatic heterocycles. The zero-order valence-corrected chi connectivity index (χ0v) is 10.1. The van der Waals surface area contributed by atoms with Gasteiger partial charge in [-0.2, -0.15) is 0 Å². The Balaban J connectivity index is 1.91. The molecule has 0 aromatic heterocycles. The molecule has 3 aliphatic rings. The van der Waals surface area contributed by atoms with Gasteiger partial charge in [0.05, 0.1) is 6.10 Å². The summed E-state index contributed by atoms with van der Waals surface area (Å²) < 4.78 is 5.99. The zero-order chi connectivity index (χ0) is 10.1. The first-order valence-corrected chi connectivity index (χ1v) is 6.05. The number of nitrogens with zero attached hydrogens (tertiary/aromatic N) is 1. The molecule has 78 valence electrons. The minimum Gasteiger partial charge on any atom is -0.349 e. The second kappa shape index (κ2) is 2.53. The zero-order valence-electron chi connectivity index (χ0n) is 9.16. The van der Waals surface area contributed by atoms with Crippen molar-refractivity contribution >= 4 is 19.9 Å². The number of fused-ring (bicyclic) bond motifs is 3. The summed E-state index contributed by atoms with van der Waals surface area (Å²) in [6, 6.07) is 0.609. The highest BCUT2D eigenvalue weighted by molar-refractivity contribution is 7.80. The van der Waals surface area contributed by atoms with Gasteiger partial charge in [-0.25, -0.2) is 0 Å². The molecular weight excluding hydrogens is 193 g/mol. The molecule has 3 rings (SSSR count). The van der Waals surface area contributed by atoms with E-state index in [1.54, 1.807) is 0 Å². The second-order valence-corrected chi connectivity index (χ2v) is 6.25. The highest BCUT2D eigenvalue weighted by Crippen LogP contribution is 2.77. The summed E-state index contributed by atoms with van der Waals surface area (Å²) in [5.41, 5.74) is 0.0183. The SMILES string of the molecule is CN1C(S)OC2C1CCC1(C)BC21C. The number of hydrogen-bond acceptors (Lipinski definition) is 3. The van der Waals surface area contributed by atoms with E-state index in [0.717, 1.165) is 0 Å². The van der Waals surface area contributed by atoms with E-state index in [1.165, 1.54) is 20.1 Å². The summed E-state index contributed by atoms with van der Waals surface area (Å²) >= 11 is 4.47. The Bertz CT molecular complexity index is 289. The molecule has 14 heavy (non-hydrogen) atoms. The van der Waals surface area contributed by atoms with Gasteiger partial charge in [0.15, 0.2) is 5.56 Å². The maximum Gasteiger partial charge on any atom is 0.156 e. The molecule has 0 amide bonds. The smallest absolute Gasteiger partial charge is 0.156 e. The minimum atomic E-state index is 0.0183. The lowest BCUT2D eigenvalue weighted by molar-refractivity contribution is 0.0409. The van der Waals surface area contributed by atoms with E-state index in [-0.39, 0.29) is 5.56 Å². The van der Waals surface area contributed by atoms with Gasteiger partial charge >= 0.3 is 0 Å². The number of rotatable bonds is 0. The van der Waals surface area contributed by atoms with Crippen LogP contribution in [0.25, 0.3) is 0 Å².